The molecule has 4 amide bonds. The molecule has 27 heteroatoms. The fourth-order valence-electron chi connectivity index (χ4n) is 9.22. The number of nitrogens with zero attached hydrogens (tertiary/aromatic N) is 1. The number of aliphatic carboxylic acids is 1. The Hall–Kier alpha value is -7.07. The number of carboxylic acids is 2. The molecule has 2 fully saturated rings. The Morgan fingerprint density at radius 1 is 0.823 bits per heavy atom. The maximum atomic E-state index is 15.7. The molecule has 0 bridgehead atoms. The van der Waals surface area contributed by atoms with Crippen molar-refractivity contribution in [3.05, 3.63) is 93.4 Å². The molecule has 79 heavy (non-hydrogen) atoms. The zero-order valence-corrected chi connectivity index (χ0v) is 44.9. The molecule has 7 rings (SSSR count). The van der Waals surface area contributed by atoms with E-state index in [1.54, 1.807) is 12.1 Å². The maximum Gasteiger partial charge on any atom is 0.336 e. The van der Waals surface area contributed by atoms with Crippen molar-refractivity contribution >= 4 is 96.1 Å². The van der Waals surface area contributed by atoms with Gasteiger partial charge in [-0.25, -0.2) is 44.5 Å². The Kier molecular flexibility index (Phi) is 20.2. The van der Waals surface area contributed by atoms with Crippen LogP contribution in [0.25, 0.3) is 33.4 Å². The molecule has 424 valence electrons. The largest absolute Gasteiger partial charge is 0.480 e. The Balaban J connectivity index is 0.838. The van der Waals surface area contributed by atoms with Gasteiger partial charge in [0.05, 0.1) is 54.4 Å². The van der Waals surface area contributed by atoms with E-state index in [1.165, 1.54) is 41.1 Å². The van der Waals surface area contributed by atoms with Gasteiger partial charge in [0.25, 0.3) is 0 Å². The van der Waals surface area contributed by atoms with Gasteiger partial charge < -0.3 is 40.1 Å². The molecule has 0 spiro atoms. The first kappa shape index (κ1) is 59.6. The van der Waals surface area contributed by atoms with E-state index in [4.69, 9.17) is 13.9 Å². The number of thioether (sulfide) groups is 1. The zero-order chi connectivity index (χ0) is 57.1. The summed E-state index contributed by atoms with van der Waals surface area (Å²) in [5.74, 6) is -12.6. The molecule has 3 aromatic carbocycles. The van der Waals surface area contributed by atoms with E-state index in [0.29, 0.717) is 47.8 Å². The third-order valence-electron chi connectivity index (χ3n) is 13.1. The molecule has 2 aliphatic carbocycles. The highest BCUT2D eigenvalue weighted by Gasteiger charge is 2.41. The fraction of sp³-hybridized carbons (Fsp3) is 0.404. The molecule has 4 aliphatic rings. The van der Waals surface area contributed by atoms with Gasteiger partial charge in [0.15, 0.2) is 32.7 Å². The van der Waals surface area contributed by atoms with Gasteiger partial charge in [0, 0.05) is 60.2 Å². The van der Waals surface area contributed by atoms with Crippen molar-refractivity contribution in [1.29, 1.82) is 0 Å². The number of hydrogen-bond acceptors (Lipinski definition) is 16. The van der Waals surface area contributed by atoms with Crippen LogP contribution < -0.4 is 31.0 Å². The molecule has 1 saturated carbocycles. The molecule has 0 aromatic heterocycles. The highest BCUT2D eigenvalue weighted by Crippen LogP contribution is 2.43. The van der Waals surface area contributed by atoms with Crippen molar-refractivity contribution < 1.29 is 82.9 Å². The highest BCUT2D eigenvalue weighted by atomic mass is 32.2. The predicted molar refractivity (Wildman–Crippen MR) is 285 cm³/mol. The normalized spacial score (nSPS) is 15.8. The number of amides is 4. The second-order valence-corrected chi connectivity index (χ2v) is 22.7. The smallest absolute Gasteiger partial charge is 0.336 e. The van der Waals surface area contributed by atoms with E-state index in [1.807, 2.05) is 13.0 Å². The molecule has 2 heterocycles. The molecule has 2 atom stereocenters. The number of fused-ring (bicyclic) bond motifs is 2. The van der Waals surface area contributed by atoms with Crippen LogP contribution in [0.15, 0.2) is 68.7 Å². The summed E-state index contributed by atoms with van der Waals surface area (Å²) < 4.78 is 114. The number of anilines is 3. The van der Waals surface area contributed by atoms with Gasteiger partial charge in [-0.2, -0.15) is 0 Å². The molecular formula is C52H56F3N5O16S3. The average molecular weight is 1160 g/mol. The number of carbonyl (C=O) groups is 6. The van der Waals surface area contributed by atoms with Crippen LogP contribution in [-0.4, -0.2) is 124 Å². The monoisotopic (exact) mass is 1160 g/mol. The second-order valence-electron chi connectivity index (χ2n) is 18.7. The quantitative estimate of drug-likeness (QED) is 0.0120. The number of benzene rings is 4. The number of nitrogens with one attached hydrogen (secondary N) is 4. The number of aryl methyl sites for hydroxylation is 1. The minimum absolute atomic E-state index is 0.0329. The molecule has 0 radical (unpaired) electrons. The Bertz CT molecular complexity index is 3380. The van der Waals surface area contributed by atoms with Crippen molar-refractivity contribution in [2.24, 2.45) is 0 Å². The van der Waals surface area contributed by atoms with E-state index in [0.717, 1.165) is 41.5 Å². The standard InChI is InChI=1S/C52H56F3N5O16S3/c1-28-9-12-33-37(23-28)76-38-25-31(61)11-14-34(38)43(33)32-13-10-30(24-35(32)51(66)67)60-42(64)26-39(50(60)65)77-27-36(52(68)69)58-41(63)15-18-74-20-21-75-19-17-56-40(62)16-22-79(72,73)49-45(54)44(53)47(59-78(70)71)46(55)48(49)57-29-7-5-3-2-4-6-8-29/h9-14,23-25,29,36,39,57,78H,2-8,15-22,26-27H2,1H3,(H,56,62)(H,58,63)(H,66,67)(H,68,69)(H,59,70,71). The number of carboxylic acid groups (broad SMARTS) is 2. The lowest BCUT2D eigenvalue weighted by Gasteiger charge is -2.25. The van der Waals surface area contributed by atoms with E-state index >= 15 is 8.78 Å². The van der Waals surface area contributed by atoms with Crippen molar-refractivity contribution in [3.8, 4) is 22.5 Å². The van der Waals surface area contributed by atoms with Crippen LogP contribution in [-0.2, 0) is 54.2 Å². The minimum Gasteiger partial charge on any atom is -0.480 e. The average Bonchev–Trinajstić information content (AvgIpc) is 3.85. The number of halogens is 3. The first-order valence-corrected chi connectivity index (χ1v) is 28.9. The van der Waals surface area contributed by atoms with Crippen molar-refractivity contribution in [3.63, 3.8) is 0 Å². The summed E-state index contributed by atoms with van der Waals surface area (Å²) >= 11 is 0.825. The molecule has 6 N–H and O–H groups in total. The fourth-order valence-corrected chi connectivity index (χ4v) is 12.2. The summed E-state index contributed by atoms with van der Waals surface area (Å²) in [7, 11) is -8.55. The summed E-state index contributed by atoms with van der Waals surface area (Å²) in [5, 5.41) is 27.2. The van der Waals surface area contributed by atoms with Gasteiger partial charge >= 0.3 is 11.9 Å². The van der Waals surface area contributed by atoms with E-state index < -0.39 is 120 Å². The number of hydrogen-bond donors (Lipinski definition) is 7. The topological polar surface area (TPSA) is 311 Å². The molecule has 21 nitrogen and oxygen atoms in total. The summed E-state index contributed by atoms with van der Waals surface area (Å²) in [6.07, 6.45) is 3.61. The Labute approximate surface area is 456 Å². The van der Waals surface area contributed by atoms with Gasteiger partial charge in [-0.1, -0.05) is 50.3 Å². The van der Waals surface area contributed by atoms with E-state index in [2.05, 4.69) is 16.0 Å². The summed E-state index contributed by atoms with van der Waals surface area (Å²) in [6.45, 7) is 1.38. The predicted octanol–water partition coefficient (Wildman–Crippen LogP) is 5.79. The molecule has 1 saturated heterocycles. The van der Waals surface area contributed by atoms with Gasteiger partial charge in [0.1, 0.15) is 28.0 Å². The number of ether oxygens (including phenoxy) is 2. The van der Waals surface area contributed by atoms with Gasteiger partial charge in [-0.3, -0.25) is 28.7 Å². The van der Waals surface area contributed by atoms with Crippen LogP contribution in [0.1, 0.15) is 80.1 Å². The van der Waals surface area contributed by atoms with Gasteiger partial charge in [0.2, 0.25) is 34.5 Å². The van der Waals surface area contributed by atoms with Crippen LogP contribution in [0.2, 0.25) is 0 Å². The first-order chi connectivity index (χ1) is 37.6. The molecule has 3 aromatic rings. The number of sulfone groups is 1. The van der Waals surface area contributed by atoms with Crippen molar-refractivity contribution in [1.82, 2.24) is 10.6 Å². The SMILES string of the molecule is Cc1ccc2c(-c3ccc(N4C(=O)CC(SCC(NC(=O)CCOCCOCCNC(=O)CCS(=O)(=O)c5c(F)c(F)c(N[SH](=O)=O)c(F)c5NC5CCCCCCC5)C(=O)O)C4=O)cc3C(=O)O)c3ccc(=O)cc-3oc2c1. The Morgan fingerprint density at radius 2 is 1.52 bits per heavy atom. The van der Waals surface area contributed by atoms with Gasteiger partial charge in [-0.15, -0.1) is 11.8 Å². The molecule has 2 aliphatic heterocycles. The lowest BCUT2D eigenvalue weighted by atomic mass is 9.90. The lowest BCUT2D eigenvalue weighted by molar-refractivity contribution is -0.141. The zero-order valence-electron chi connectivity index (χ0n) is 42.4. The third-order valence-corrected chi connectivity index (χ3v) is 16.5. The van der Waals surface area contributed by atoms with Crippen molar-refractivity contribution in [2.75, 3.05) is 59.4 Å². The van der Waals surface area contributed by atoms with Gasteiger partial charge in [-0.05, 0) is 61.2 Å². The summed E-state index contributed by atoms with van der Waals surface area (Å²) in [5.41, 5.74) is -0.542. The third kappa shape index (κ3) is 14.8. The van der Waals surface area contributed by atoms with Crippen LogP contribution in [0.5, 0.6) is 0 Å². The number of aromatic carboxylic acids is 1. The van der Waals surface area contributed by atoms with Crippen LogP contribution >= 0.6 is 11.8 Å². The van der Waals surface area contributed by atoms with Crippen LogP contribution in [0.4, 0.5) is 30.2 Å². The number of thiol groups is 1. The van der Waals surface area contributed by atoms with E-state index in [-0.39, 0.29) is 79.6 Å². The molecular weight excluding hydrogens is 1100 g/mol. The van der Waals surface area contributed by atoms with Crippen LogP contribution in [0, 0.1) is 24.4 Å². The summed E-state index contributed by atoms with van der Waals surface area (Å²) in [4.78, 5) is 88.9. The van der Waals surface area contributed by atoms with Crippen LogP contribution in [0.3, 0.4) is 0 Å². The number of carbonyl (C=O) groups excluding carboxylic acids is 4. The first-order valence-electron chi connectivity index (χ1n) is 25.0. The molecule has 2 unspecified atom stereocenters. The minimum atomic E-state index is -4.89. The van der Waals surface area contributed by atoms with Crippen molar-refractivity contribution in [2.45, 2.75) is 93.4 Å². The number of imide groups is 1. The lowest BCUT2D eigenvalue weighted by Crippen LogP contribution is -2.43. The highest BCUT2D eigenvalue weighted by molar-refractivity contribution is 8.00. The maximum absolute atomic E-state index is 15.7. The Morgan fingerprint density at radius 3 is 2.22 bits per heavy atom. The van der Waals surface area contributed by atoms with E-state index in [9.17, 15) is 65.0 Å². The second kappa shape index (κ2) is 26.7. The number of rotatable bonds is 25. The summed E-state index contributed by atoms with van der Waals surface area (Å²) in [6, 6.07) is 11.5.